The van der Waals surface area contributed by atoms with Crippen LogP contribution >= 0.6 is 0 Å². The van der Waals surface area contributed by atoms with Gasteiger partial charge in [0.05, 0.1) is 24.7 Å². The Morgan fingerprint density at radius 1 is 1.04 bits per heavy atom. The molecule has 0 bridgehead atoms. The molecule has 5 heteroatoms. The van der Waals surface area contributed by atoms with Crippen molar-refractivity contribution in [1.82, 2.24) is 0 Å². The van der Waals surface area contributed by atoms with E-state index in [2.05, 4.69) is 48.1 Å². The molecule has 0 aliphatic heterocycles. The van der Waals surface area contributed by atoms with Crippen molar-refractivity contribution in [1.29, 1.82) is 0 Å². The van der Waals surface area contributed by atoms with Gasteiger partial charge in [0.2, 0.25) is 0 Å². The summed E-state index contributed by atoms with van der Waals surface area (Å²) in [5.41, 5.74) is 0.425. The Hall–Kier alpha value is -0.580. The first-order valence-electron chi connectivity index (χ1n) is 8.87. The molecule has 0 aromatic rings. The molecule has 0 rings (SSSR count). The van der Waals surface area contributed by atoms with Crippen LogP contribution in [0.5, 0.6) is 0 Å². The molecule has 0 saturated carbocycles. The summed E-state index contributed by atoms with van der Waals surface area (Å²) >= 11 is 0. The maximum atomic E-state index is 11.5. The summed E-state index contributed by atoms with van der Waals surface area (Å²) in [6.45, 7) is 20.9. The number of carbonyl (C=O) groups excluding carboxylic acids is 1. The Morgan fingerprint density at radius 3 is 1.75 bits per heavy atom. The van der Waals surface area contributed by atoms with Gasteiger partial charge in [0.25, 0.3) is 0 Å². The number of hydrogen-bond donors (Lipinski definition) is 1. The van der Waals surface area contributed by atoms with E-state index in [1.807, 2.05) is 6.92 Å². The van der Waals surface area contributed by atoms with Gasteiger partial charge in [-0.25, -0.2) is 4.79 Å². The zero-order valence-corrected chi connectivity index (χ0v) is 17.6. The van der Waals surface area contributed by atoms with Gasteiger partial charge in [0, 0.05) is 12.0 Å². The molecule has 0 amide bonds. The van der Waals surface area contributed by atoms with Crippen molar-refractivity contribution in [2.45, 2.75) is 98.5 Å². The van der Waals surface area contributed by atoms with Crippen molar-refractivity contribution in [2.24, 2.45) is 0 Å². The van der Waals surface area contributed by atoms with Gasteiger partial charge >= 0.3 is 5.97 Å². The molecule has 144 valence electrons. The molecule has 24 heavy (non-hydrogen) atoms. The van der Waals surface area contributed by atoms with Crippen molar-refractivity contribution in [3.63, 3.8) is 0 Å². The van der Waals surface area contributed by atoms with Gasteiger partial charge in [-0.05, 0) is 61.8 Å². The van der Waals surface area contributed by atoms with Gasteiger partial charge in [-0.2, -0.15) is 0 Å². The highest BCUT2D eigenvalue weighted by Crippen LogP contribution is 2.33. The third-order valence-corrected chi connectivity index (χ3v) is 5.04. The Bertz CT molecular complexity index is 370. The maximum absolute atomic E-state index is 11.5. The molecule has 0 radical (unpaired) electrons. The van der Waals surface area contributed by atoms with Crippen LogP contribution in [0.2, 0.25) is 0 Å². The molecule has 2 atom stereocenters. The van der Waals surface area contributed by atoms with Gasteiger partial charge in [-0.1, -0.05) is 6.58 Å². The average molecular weight is 364 g/mol. The van der Waals surface area contributed by atoms with Gasteiger partial charge in [0.1, 0.15) is 12.1 Å². The number of aliphatic hydroxyl groups excluding tert-OH is 1. The summed E-state index contributed by atoms with van der Waals surface area (Å²) in [5, 5.41) is 10.5. The van der Waals surface area contributed by atoms with Gasteiger partial charge < -0.3 is 26.7 Å². The fourth-order valence-corrected chi connectivity index (χ4v) is 4.36. The molecule has 1 N–H and O–H groups in total. The highest BCUT2D eigenvalue weighted by Gasteiger charge is 2.46. The number of aliphatic hydroxyl groups is 1. The molecule has 0 aliphatic rings. The van der Waals surface area contributed by atoms with E-state index in [1.54, 1.807) is 6.92 Å². The van der Waals surface area contributed by atoms with Crippen molar-refractivity contribution < 1.29 is 31.5 Å². The van der Waals surface area contributed by atoms with Crippen LogP contribution in [0.25, 0.3) is 0 Å². The van der Waals surface area contributed by atoms with Crippen LogP contribution < -0.4 is 12.4 Å². The lowest BCUT2D eigenvalue weighted by atomic mass is 9.93. The van der Waals surface area contributed by atoms with Gasteiger partial charge in [0.15, 0.2) is 0 Å². The summed E-state index contributed by atoms with van der Waals surface area (Å²) in [5.74, 6) is -0.337. The maximum Gasteiger partial charge on any atom is 0.333 e. The minimum atomic E-state index is -0.404. The smallest absolute Gasteiger partial charge is 0.333 e. The van der Waals surface area contributed by atoms with E-state index in [9.17, 15) is 9.90 Å². The summed E-state index contributed by atoms with van der Waals surface area (Å²) in [6, 6.07) is 1.35. The second-order valence-corrected chi connectivity index (χ2v) is 7.54. The normalized spacial score (nSPS) is 14.5. The number of hydrogen-bond acceptors (Lipinski definition) is 3. The quantitative estimate of drug-likeness (QED) is 0.269. The molecular formula is C19H38ClNO3. The Morgan fingerprint density at radius 2 is 1.46 bits per heavy atom. The minimum Gasteiger partial charge on any atom is -1.00 e. The van der Waals surface area contributed by atoms with E-state index < -0.39 is 6.10 Å². The first-order chi connectivity index (χ1) is 10.5. The van der Waals surface area contributed by atoms with Gasteiger partial charge in [-0.3, -0.25) is 0 Å². The Balaban J connectivity index is 0. The standard InChI is InChI=1S/C19H38NO3.ClH/c1-13(2)19(22)23-12-10-11-18(17(9)21)20(14(3)4,15(5)6)16(7)8;/h14-18,21H,1,10-12H2,2-9H3;1H/q+1;/p-1. The number of halogens is 1. The molecule has 0 aromatic heterocycles. The summed E-state index contributed by atoms with van der Waals surface area (Å²) in [6.07, 6.45) is 1.18. The van der Waals surface area contributed by atoms with E-state index in [1.165, 1.54) is 0 Å². The van der Waals surface area contributed by atoms with Crippen LogP contribution in [-0.2, 0) is 9.53 Å². The first kappa shape index (κ1) is 25.7. The van der Waals surface area contributed by atoms with Crippen molar-refractivity contribution in [2.75, 3.05) is 6.61 Å². The van der Waals surface area contributed by atoms with E-state index in [4.69, 9.17) is 4.74 Å². The van der Waals surface area contributed by atoms with Gasteiger partial charge in [-0.15, -0.1) is 0 Å². The number of ether oxygens (including phenoxy) is 1. The molecule has 0 aliphatic carbocycles. The van der Waals surface area contributed by atoms with E-state index in [-0.39, 0.29) is 24.4 Å². The number of rotatable bonds is 10. The third kappa shape index (κ3) is 6.05. The molecule has 0 fully saturated rings. The summed E-state index contributed by atoms with van der Waals surface area (Å²) in [7, 11) is 0. The highest BCUT2D eigenvalue weighted by molar-refractivity contribution is 5.86. The lowest BCUT2D eigenvalue weighted by molar-refractivity contribution is -1.01. The van der Waals surface area contributed by atoms with Crippen LogP contribution in [0, 0.1) is 0 Å². The third-order valence-electron chi connectivity index (χ3n) is 5.04. The van der Waals surface area contributed by atoms with E-state index >= 15 is 0 Å². The minimum absolute atomic E-state index is 0. The topological polar surface area (TPSA) is 46.5 Å². The van der Waals surface area contributed by atoms with Crippen LogP contribution in [0.4, 0.5) is 0 Å². The lowest BCUT2D eigenvalue weighted by Gasteiger charge is -2.55. The highest BCUT2D eigenvalue weighted by atomic mass is 35.5. The monoisotopic (exact) mass is 363 g/mol. The second-order valence-electron chi connectivity index (χ2n) is 7.54. The van der Waals surface area contributed by atoms with Crippen molar-refractivity contribution >= 4 is 5.97 Å². The zero-order chi connectivity index (χ0) is 18.4. The van der Waals surface area contributed by atoms with Crippen LogP contribution in [-0.4, -0.2) is 52.4 Å². The SMILES string of the molecule is C=C(C)C(=O)OCCCC(C(C)O)[N+](C(C)C)(C(C)C)C(C)C.[Cl-]. The average Bonchev–Trinajstić information content (AvgIpc) is 2.39. The zero-order valence-electron chi connectivity index (χ0n) is 16.8. The second kappa shape index (κ2) is 11.1. The number of quaternary nitrogens is 1. The lowest BCUT2D eigenvalue weighted by Crippen LogP contribution is -3.00. The molecule has 0 spiro atoms. The molecule has 4 nitrogen and oxygen atoms in total. The van der Waals surface area contributed by atoms with Crippen LogP contribution in [0.1, 0.15) is 68.2 Å². The predicted octanol–water partition coefficient (Wildman–Crippen LogP) is 0.681. The van der Waals surface area contributed by atoms with E-state index in [0.29, 0.717) is 30.3 Å². The van der Waals surface area contributed by atoms with Crippen molar-refractivity contribution in [3.05, 3.63) is 12.2 Å². The number of esters is 1. The fourth-order valence-electron chi connectivity index (χ4n) is 4.36. The molecule has 0 aromatic carbocycles. The molecule has 0 heterocycles. The first-order valence-corrected chi connectivity index (χ1v) is 8.87. The number of carbonyl (C=O) groups is 1. The number of nitrogens with zero attached hydrogens (tertiary/aromatic N) is 1. The molecule has 0 saturated heterocycles. The largest absolute Gasteiger partial charge is 1.00 e. The molecule has 2 unspecified atom stereocenters. The van der Waals surface area contributed by atoms with Crippen LogP contribution in [0.15, 0.2) is 12.2 Å². The molecular weight excluding hydrogens is 326 g/mol. The summed E-state index contributed by atoms with van der Waals surface area (Å²) in [4.78, 5) is 11.5. The summed E-state index contributed by atoms with van der Waals surface area (Å²) < 4.78 is 6.07. The Labute approximate surface area is 155 Å². The Kier molecular flexibility index (Phi) is 11.9. The van der Waals surface area contributed by atoms with Crippen molar-refractivity contribution in [3.8, 4) is 0 Å². The van der Waals surface area contributed by atoms with E-state index in [0.717, 1.165) is 17.3 Å². The predicted molar refractivity (Wildman–Crippen MR) is 96.1 cm³/mol. The fraction of sp³-hybridized carbons (Fsp3) is 0.842. The van der Waals surface area contributed by atoms with Crippen LogP contribution in [0.3, 0.4) is 0 Å².